The minimum absolute atomic E-state index is 0.0728. The molecule has 2 N–H and O–H groups in total. The van der Waals surface area contributed by atoms with Gasteiger partial charge >= 0.3 is 0 Å². The first kappa shape index (κ1) is 14.3. The number of aryl methyl sites for hydroxylation is 1. The summed E-state index contributed by atoms with van der Waals surface area (Å²) >= 11 is 0. The highest BCUT2D eigenvalue weighted by Crippen LogP contribution is 2.25. The summed E-state index contributed by atoms with van der Waals surface area (Å²) in [6, 6.07) is 11.8. The first-order valence-electron chi connectivity index (χ1n) is 7.52. The fourth-order valence-corrected chi connectivity index (χ4v) is 2.63. The molecule has 3 rings (SSSR count). The molecule has 3 aromatic rings. The van der Waals surface area contributed by atoms with Crippen molar-refractivity contribution >= 4 is 22.6 Å². The zero-order valence-corrected chi connectivity index (χ0v) is 12.8. The maximum absolute atomic E-state index is 11.2. The number of benzene rings is 1. The number of fused-ring (bicyclic) bond motifs is 1. The Labute approximate surface area is 129 Å². The van der Waals surface area contributed by atoms with Crippen LogP contribution >= 0.6 is 0 Å². The van der Waals surface area contributed by atoms with Gasteiger partial charge in [-0.05, 0) is 36.2 Å². The average molecular weight is 293 g/mol. The Morgan fingerprint density at radius 3 is 2.91 bits per heavy atom. The van der Waals surface area contributed by atoms with Gasteiger partial charge in [-0.1, -0.05) is 25.5 Å². The summed E-state index contributed by atoms with van der Waals surface area (Å²) in [6.07, 6.45) is 4.15. The topological polar surface area (TPSA) is 57.8 Å². The molecule has 0 fully saturated rings. The quantitative estimate of drug-likeness (QED) is 0.759. The number of aromatic nitrogens is 2. The van der Waals surface area contributed by atoms with Crippen molar-refractivity contribution in [3.05, 3.63) is 48.2 Å². The predicted molar refractivity (Wildman–Crippen MR) is 89.8 cm³/mol. The third kappa shape index (κ3) is 2.86. The van der Waals surface area contributed by atoms with Crippen molar-refractivity contribution in [2.24, 2.45) is 0 Å². The van der Waals surface area contributed by atoms with Crippen LogP contribution in [0.4, 0.5) is 5.69 Å². The molecule has 2 heterocycles. The Morgan fingerprint density at radius 1 is 1.27 bits per heavy atom. The number of anilines is 1. The Hall–Kier alpha value is -2.62. The molecule has 112 valence electrons. The smallest absolute Gasteiger partial charge is 0.221 e. The first-order valence-corrected chi connectivity index (χ1v) is 7.52. The van der Waals surface area contributed by atoms with Gasteiger partial charge in [-0.3, -0.25) is 4.79 Å². The summed E-state index contributed by atoms with van der Waals surface area (Å²) in [5.41, 5.74) is 6.04. The van der Waals surface area contributed by atoms with Crippen LogP contribution in [-0.4, -0.2) is 15.9 Å². The molecule has 0 atom stereocenters. The molecule has 1 aromatic carbocycles. The molecule has 0 spiro atoms. The van der Waals surface area contributed by atoms with Gasteiger partial charge in [0.2, 0.25) is 5.91 Å². The van der Waals surface area contributed by atoms with Crippen molar-refractivity contribution in [2.75, 3.05) is 5.32 Å². The lowest BCUT2D eigenvalue weighted by molar-refractivity contribution is -0.114. The van der Waals surface area contributed by atoms with Crippen molar-refractivity contribution in [2.45, 2.75) is 26.7 Å². The lowest BCUT2D eigenvalue weighted by atomic mass is 10.1. The zero-order chi connectivity index (χ0) is 15.5. The lowest BCUT2D eigenvalue weighted by Gasteiger charge is -2.06. The van der Waals surface area contributed by atoms with Crippen LogP contribution in [0.15, 0.2) is 42.6 Å². The Kier molecular flexibility index (Phi) is 3.92. The van der Waals surface area contributed by atoms with E-state index in [4.69, 9.17) is 4.98 Å². The standard InChI is InChI=1S/C18H19N3O/c1-3-5-14-11-19-17-9-8-16(21-18(14)17)13-6-4-7-15(10-13)20-12(2)22/h4,6-11,19H,3,5H2,1-2H3,(H,20,22). The predicted octanol–water partition coefficient (Wildman–Crippen LogP) is 4.14. The van der Waals surface area contributed by atoms with Crippen LogP contribution in [0.5, 0.6) is 0 Å². The summed E-state index contributed by atoms with van der Waals surface area (Å²) in [4.78, 5) is 19.3. The van der Waals surface area contributed by atoms with Crippen molar-refractivity contribution in [1.82, 2.24) is 9.97 Å². The van der Waals surface area contributed by atoms with E-state index in [9.17, 15) is 4.79 Å². The fourth-order valence-electron chi connectivity index (χ4n) is 2.63. The van der Waals surface area contributed by atoms with Crippen molar-refractivity contribution in [3.63, 3.8) is 0 Å². The number of amides is 1. The highest BCUT2D eigenvalue weighted by molar-refractivity contribution is 5.89. The van der Waals surface area contributed by atoms with Crippen LogP contribution in [0.1, 0.15) is 25.8 Å². The Bertz CT molecular complexity index is 820. The van der Waals surface area contributed by atoms with Gasteiger partial charge in [-0.15, -0.1) is 0 Å². The van der Waals surface area contributed by atoms with E-state index in [0.717, 1.165) is 40.8 Å². The van der Waals surface area contributed by atoms with Gasteiger partial charge in [0.05, 0.1) is 16.7 Å². The molecule has 0 aliphatic carbocycles. The Morgan fingerprint density at radius 2 is 2.14 bits per heavy atom. The van der Waals surface area contributed by atoms with Gasteiger partial charge in [0.25, 0.3) is 0 Å². The van der Waals surface area contributed by atoms with E-state index >= 15 is 0 Å². The van der Waals surface area contributed by atoms with Crippen LogP contribution in [0.2, 0.25) is 0 Å². The minimum Gasteiger partial charge on any atom is -0.360 e. The SMILES string of the molecule is CCCc1c[nH]c2ccc(-c3cccc(NC(C)=O)c3)nc12. The second-order valence-corrected chi connectivity index (χ2v) is 5.42. The van der Waals surface area contributed by atoms with Gasteiger partial charge in [0.15, 0.2) is 0 Å². The van der Waals surface area contributed by atoms with Crippen LogP contribution in [-0.2, 0) is 11.2 Å². The second-order valence-electron chi connectivity index (χ2n) is 5.42. The van der Waals surface area contributed by atoms with Gasteiger partial charge in [-0.25, -0.2) is 4.98 Å². The molecule has 0 saturated heterocycles. The van der Waals surface area contributed by atoms with E-state index < -0.39 is 0 Å². The summed E-state index contributed by atoms with van der Waals surface area (Å²) < 4.78 is 0. The van der Waals surface area contributed by atoms with Crippen molar-refractivity contribution < 1.29 is 4.79 Å². The minimum atomic E-state index is -0.0728. The van der Waals surface area contributed by atoms with E-state index in [-0.39, 0.29) is 5.91 Å². The molecule has 4 nitrogen and oxygen atoms in total. The molecule has 0 saturated carbocycles. The maximum Gasteiger partial charge on any atom is 0.221 e. The molecule has 0 aliphatic heterocycles. The fraction of sp³-hybridized carbons (Fsp3) is 0.222. The van der Waals surface area contributed by atoms with Gasteiger partial charge in [0, 0.05) is 24.4 Å². The van der Waals surface area contributed by atoms with E-state index in [1.165, 1.54) is 12.5 Å². The molecule has 4 heteroatoms. The summed E-state index contributed by atoms with van der Waals surface area (Å²) in [5.74, 6) is -0.0728. The normalized spacial score (nSPS) is 10.8. The van der Waals surface area contributed by atoms with E-state index in [1.54, 1.807) is 0 Å². The van der Waals surface area contributed by atoms with Crippen molar-refractivity contribution in [3.8, 4) is 11.3 Å². The summed E-state index contributed by atoms with van der Waals surface area (Å²) in [5, 5.41) is 2.81. The molecule has 0 bridgehead atoms. The number of rotatable bonds is 4. The molecular weight excluding hydrogens is 274 g/mol. The van der Waals surface area contributed by atoms with E-state index in [0.29, 0.717) is 0 Å². The molecule has 22 heavy (non-hydrogen) atoms. The molecule has 1 amide bonds. The van der Waals surface area contributed by atoms with Crippen molar-refractivity contribution in [1.29, 1.82) is 0 Å². The van der Waals surface area contributed by atoms with Crippen LogP contribution in [0.3, 0.4) is 0 Å². The number of carbonyl (C=O) groups excluding carboxylic acids is 1. The number of carbonyl (C=O) groups is 1. The average Bonchev–Trinajstić information content (AvgIpc) is 2.90. The number of aromatic amines is 1. The van der Waals surface area contributed by atoms with E-state index in [2.05, 4.69) is 23.3 Å². The third-order valence-electron chi connectivity index (χ3n) is 3.60. The summed E-state index contributed by atoms with van der Waals surface area (Å²) in [6.45, 7) is 3.67. The lowest BCUT2D eigenvalue weighted by Crippen LogP contribution is -2.05. The number of nitrogens with one attached hydrogen (secondary N) is 2. The number of hydrogen-bond acceptors (Lipinski definition) is 2. The largest absolute Gasteiger partial charge is 0.360 e. The molecule has 2 aromatic heterocycles. The third-order valence-corrected chi connectivity index (χ3v) is 3.60. The molecule has 0 radical (unpaired) electrons. The highest BCUT2D eigenvalue weighted by Gasteiger charge is 2.08. The summed E-state index contributed by atoms with van der Waals surface area (Å²) in [7, 11) is 0. The number of nitrogens with zero attached hydrogens (tertiary/aromatic N) is 1. The van der Waals surface area contributed by atoms with Crippen LogP contribution < -0.4 is 5.32 Å². The number of pyridine rings is 1. The zero-order valence-electron chi connectivity index (χ0n) is 12.8. The van der Waals surface area contributed by atoms with Crippen LogP contribution in [0, 0.1) is 0 Å². The highest BCUT2D eigenvalue weighted by atomic mass is 16.1. The van der Waals surface area contributed by atoms with E-state index in [1.807, 2.05) is 36.5 Å². The number of hydrogen-bond donors (Lipinski definition) is 2. The Balaban J connectivity index is 2.02. The second kappa shape index (κ2) is 6.02. The van der Waals surface area contributed by atoms with Gasteiger partial charge < -0.3 is 10.3 Å². The first-order chi connectivity index (χ1) is 10.7. The molecule has 0 aliphatic rings. The number of H-pyrrole nitrogens is 1. The van der Waals surface area contributed by atoms with Crippen LogP contribution in [0.25, 0.3) is 22.3 Å². The molecule has 0 unspecified atom stereocenters. The van der Waals surface area contributed by atoms with Gasteiger partial charge in [0.1, 0.15) is 0 Å². The van der Waals surface area contributed by atoms with Gasteiger partial charge in [-0.2, -0.15) is 0 Å². The molecular formula is C18H19N3O. The maximum atomic E-state index is 11.2. The monoisotopic (exact) mass is 293 g/mol.